The third-order valence-electron chi connectivity index (χ3n) is 5.83. The maximum atomic E-state index is 12.9. The van der Waals surface area contributed by atoms with Crippen LogP contribution in [0.15, 0.2) is 48.5 Å². The number of hydrogen-bond acceptors (Lipinski definition) is 4. The first-order valence-electron chi connectivity index (χ1n) is 11.0. The van der Waals surface area contributed by atoms with Crippen molar-refractivity contribution in [2.75, 3.05) is 36.4 Å². The standard InChI is InChI=1S/C25H26F3N5O/c1-16-4-9-21(17(2)14-16)30-24(34)33-12-10-32(11-13-33)22-15-18(3)29-23(31-22)19-5-7-20(8-6-19)25(26,27)28/h4-9,14-15H,10-13H2,1-3H3,(H,30,34). The first-order valence-corrected chi connectivity index (χ1v) is 11.0. The maximum Gasteiger partial charge on any atom is 0.416 e. The molecule has 1 aliphatic heterocycles. The Kier molecular flexibility index (Phi) is 6.45. The van der Waals surface area contributed by atoms with Crippen molar-refractivity contribution in [2.45, 2.75) is 26.9 Å². The number of piperazine rings is 1. The third-order valence-corrected chi connectivity index (χ3v) is 5.83. The lowest BCUT2D eigenvalue weighted by molar-refractivity contribution is -0.137. The molecule has 0 atom stereocenters. The van der Waals surface area contributed by atoms with Crippen molar-refractivity contribution in [1.29, 1.82) is 0 Å². The third kappa shape index (κ3) is 5.30. The van der Waals surface area contributed by atoms with E-state index in [1.807, 2.05) is 45.0 Å². The number of hydrogen-bond donors (Lipinski definition) is 1. The molecule has 1 saturated heterocycles. The van der Waals surface area contributed by atoms with Crippen molar-refractivity contribution in [3.63, 3.8) is 0 Å². The summed E-state index contributed by atoms with van der Waals surface area (Å²) in [6.45, 7) is 8.02. The lowest BCUT2D eigenvalue weighted by Crippen LogP contribution is -2.50. The van der Waals surface area contributed by atoms with Gasteiger partial charge in [0, 0.05) is 49.2 Å². The lowest BCUT2D eigenvalue weighted by Gasteiger charge is -2.35. The molecule has 1 fully saturated rings. The second-order valence-corrected chi connectivity index (χ2v) is 8.49. The van der Waals surface area contributed by atoms with Gasteiger partial charge in [-0.2, -0.15) is 13.2 Å². The number of halogens is 3. The first-order chi connectivity index (χ1) is 16.1. The molecule has 0 bridgehead atoms. The summed E-state index contributed by atoms with van der Waals surface area (Å²) < 4.78 is 38.6. The van der Waals surface area contributed by atoms with Crippen LogP contribution < -0.4 is 10.2 Å². The van der Waals surface area contributed by atoms with Gasteiger partial charge in [0.15, 0.2) is 5.82 Å². The molecule has 0 radical (unpaired) electrons. The van der Waals surface area contributed by atoms with E-state index in [1.165, 1.54) is 12.1 Å². The summed E-state index contributed by atoms with van der Waals surface area (Å²) in [5, 5.41) is 2.98. The van der Waals surface area contributed by atoms with Crippen LogP contribution in [0, 0.1) is 20.8 Å². The van der Waals surface area contributed by atoms with Gasteiger partial charge in [0.05, 0.1) is 5.56 Å². The molecule has 4 rings (SSSR count). The molecule has 1 aliphatic rings. The van der Waals surface area contributed by atoms with Crippen LogP contribution >= 0.6 is 0 Å². The smallest absolute Gasteiger partial charge is 0.353 e. The number of carbonyl (C=O) groups excluding carboxylic acids is 1. The number of amides is 2. The average Bonchev–Trinajstić information content (AvgIpc) is 2.80. The number of alkyl halides is 3. The summed E-state index contributed by atoms with van der Waals surface area (Å²) in [7, 11) is 0. The van der Waals surface area contributed by atoms with E-state index in [0.717, 1.165) is 34.6 Å². The molecule has 0 spiro atoms. The molecule has 34 heavy (non-hydrogen) atoms. The van der Waals surface area contributed by atoms with Crippen LogP contribution in [0.3, 0.4) is 0 Å². The Bertz CT molecular complexity index is 1190. The number of urea groups is 1. The SMILES string of the molecule is Cc1ccc(NC(=O)N2CCN(c3cc(C)nc(-c4ccc(C(F)(F)F)cc4)n3)CC2)c(C)c1. The van der Waals surface area contributed by atoms with Crippen molar-refractivity contribution in [3.8, 4) is 11.4 Å². The average molecular weight is 470 g/mol. The van der Waals surface area contributed by atoms with Crippen LogP contribution in [0.1, 0.15) is 22.4 Å². The molecule has 0 aliphatic carbocycles. The lowest BCUT2D eigenvalue weighted by atomic mass is 10.1. The van der Waals surface area contributed by atoms with Crippen molar-refractivity contribution in [3.05, 3.63) is 70.9 Å². The Labute approximate surface area is 196 Å². The fourth-order valence-electron chi connectivity index (χ4n) is 3.94. The fraction of sp³-hybridized carbons (Fsp3) is 0.320. The molecule has 2 amide bonds. The number of anilines is 2. The van der Waals surface area contributed by atoms with Gasteiger partial charge in [-0.3, -0.25) is 0 Å². The number of carbonyl (C=O) groups is 1. The fourth-order valence-corrected chi connectivity index (χ4v) is 3.94. The highest BCUT2D eigenvalue weighted by molar-refractivity contribution is 5.90. The summed E-state index contributed by atoms with van der Waals surface area (Å²) in [5.41, 5.74) is 3.48. The second kappa shape index (κ2) is 9.32. The van der Waals surface area contributed by atoms with Crippen LogP contribution in [0.25, 0.3) is 11.4 Å². The van der Waals surface area contributed by atoms with E-state index in [2.05, 4.69) is 20.2 Å². The van der Waals surface area contributed by atoms with Crippen molar-refractivity contribution in [1.82, 2.24) is 14.9 Å². The molecule has 0 saturated carbocycles. The summed E-state index contributed by atoms with van der Waals surface area (Å²) in [5.74, 6) is 1.07. The minimum atomic E-state index is -4.39. The monoisotopic (exact) mass is 469 g/mol. The summed E-state index contributed by atoms with van der Waals surface area (Å²) in [4.78, 5) is 25.5. The van der Waals surface area contributed by atoms with Crippen LogP contribution in [0.5, 0.6) is 0 Å². The molecule has 3 aromatic rings. The number of rotatable bonds is 3. The molecule has 1 N–H and O–H groups in total. The number of benzene rings is 2. The van der Waals surface area contributed by atoms with E-state index in [1.54, 1.807) is 4.90 Å². The van der Waals surface area contributed by atoms with E-state index in [0.29, 0.717) is 43.4 Å². The molecule has 0 unspecified atom stereocenters. The molecule has 2 aromatic carbocycles. The first kappa shape index (κ1) is 23.5. The molecular formula is C25H26F3N5O. The zero-order chi connectivity index (χ0) is 24.5. The molecule has 178 valence electrons. The van der Waals surface area contributed by atoms with Gasteiger partial charge in [0.25, 0.3) is 0 Å². The van der Waals surface area contributed by atoms with Crippen molar-refractivity contribution >= 4 is 17.5 Å². The number of nitrogens with one attached hydrogen (secondary N) is 1. The Morgan fingerprint density at radius 3 is 2.21 bits per heavy atom. The molecule has 1 aromatic heterocycles. The topological polar surface area (TPSA) is 61.4 Å². The second-order valence-electron chi connectivity index (χ2n) is 8.49. The normalized spacial score (nSPS) is 14.3. The van der Waals surface area contributed by atoms with Crippen molar-refractivity contribution in [2.24, 2.45) is 0 Å². The van der Waals surface area contributed by atoms with E-state index in [4.69, 9.17) is 0 Å². The van der Waals surface area contributed by atoms with Gasteiger partial charge in [-0.1, -0.05) is 29.8 Å². The highest BCUT2D eigenvalue weighted by Crippen LogP contribution is 2.31. The molecular weight excluding hydrogens is 443 g/mol. The Morgan fingerprint density at radius 1 is 0.912 bits per heavy atom. The van der Waals surface area contributed by atoms with Crippen LogP contribution in [-0.4, -0.2) is 47.1 Å². The molecule has 6 nitrogen and oxygen atoms in total. The van der Waals surface area contributed by atoms with Gasteiger partial charge in [-0.15, -0.1) is 0 Å². The van der Waals surface area contributed by atoms with Gasteiger partial charge >= 0.3 is 12.2 Å². The van der Waals surface area contributed by atoms with Gasteiger partial charge in [-0.05, 0) is 44.5 Å². The van der Waals surface area contributed by atoms with Crippen LogP contribution in [0.2, 0.25) is 0 Å². The van der Waals surface area contributed by atoms with E-state index < -0.39 is 11.7 Å². The Hall–Kier alpha value is -3.62. The van der Waals surface area contributed by atoms with E-state index in [9.17, 15) is 18.0 Å². The highest BCUT2D eigenvalue weighted by atomic mass is 19.4. The predicted octanol–water partition coefficient (Wildman–Crippen LogP) is 5.44. The van der Waals surface area contributed by atoms with Crippen LogP contribution in [-0.2, 0) is 6.18 Å². The minimum Gasteiger partial charge on any atom is -0.353 e. The van der Waals surface area contributed by atoms with Gasteiger partial charge < -0.3 is 15.1 Å². The Morgan fingerprint density at radius 2 is 1.59 bits per heavy atom. The largest absolute Gasteiger partial charge is 0.416 e. The number of nitrogens with zero attached hydrogens (tertiary/aromatic N) is 4. The molecule has 2 heterocycles. The van der Waals surface area contributed by atoms with E-state index in [-0.39, 0.29) is 6.03 Å². The molecule has 9 heteroatoms. The van der Waals surface area contributed by atoms with Crippen molar-refractivity contribution < 1.29 is 18.0 Å². The van der Waals surface area contributed by atoms with E-state index >= 15 is 0 Å². The number of aromatic nitrogens is 2. The summed E-state index contributed by atoms with van der Waals surface area (Å²) in [6.07, 6.45) is -4.39. The van der Waals surface area contributed by atoms with Gasteiger partial charge in [0.1, 0.15) is 5.82 Å². The summed E-state index contributed by atoms with van der Waals surface area (Å²) in [6, 6.07) is 12.4. The Balaban J connectivity index is 1.43. The minimum absolute atomic E-state index is 0.143. The highest BCUT2D eigenvalue weighted by Gasteiger charge is 2.30. The summed E-state index contributed by atoms with van der Waals surface area (Å²) >= 11 is 0. The zero-order valence-electron chi connectivity index (χ0n) is 19.3. The van der Waals surface area contributed by atoms with Crippen LogP contribution in [0.4, 0.5) is 29.5 Å². The van der Waals surface area contributed by atoms with Gasteiger partial charge in [-0.25, -0.2) is 14.8 Å². The predicted molar refractivity (Wildman–Crippen MR) is 126 cm³/mol. The quantitative estimate of drug-likeness (QED) is 0.555. The maximum absolute atomic E-state index is 12.9. The zero-order valence-corrected chi connectivity index (χ0v) is 19.3. The number of aryl methyl sites for hydroxylation is 3. The van der Waals surface area contributed by atoms with Gasteiger partial charge in [0.2, 0.25) is 0 Å².